The molecule has 12 nitrogen and oxygen atoms in total. The molecule has 6 fully saturated rings. The van der Waals surface area contributed by atoms with E-state index >= 15 is 0 Å². The lowest BCUT2D eigenvalue weighted by atomic mass is 9.74. The summed E-state index contributed by atoms with van der Waals surface area (Å²) in [4.78, 5) is 14.1. The van der Waals surface area contributed by atoms with Crippen molar-refractivity contribution in [3.63, 3.8) is 0 Å². The van der Waals surface area contributed by atoms with Crippen LogP contribution in [0, 0.1) is 21.7 Å². The maximum Gasteiger partial charge on any atom is 0.0669 e. The molecule has 0 bridgehead atoms. The molecule has 6 aliphatic heterocycles. The van der Waals surface area contributed by atoms with Crippen molar-refractivity contribution in [3.05, 3.63) is 71.8 Å². The van der Waals surface area contributed by atoms with Crippen LogP contribution < -0.4 is 0 Å². The molecule has 6 saturated heterocycles. The van der Waals surface area contributed by atoms with Gasteiger partial charge in [0.15, 0.2) is 0 Å². The summed E-state index contributed by atoms with van der Waals surface area (Å²) in [5.41, 5.74) is 3.47. The van der Waals surface area contributed by atoms with E-state index in [2.05, 4.69) is 147 Å². The van der Waals surface area contributed by atoms with Gasteiger partial charge in [-0.1, -0.05) is 81.4 Å². The van der Waals surface area contributed by atoms with Gasteiger partial charge in [0.05, 0.1) is 31.0 Å². The van der Waals surface area contributed by atoms with Crippen LogP contribution in [0.4, 0.5) is 0 Å². The van der Waals surface area contributed by atoms with Gasteiger partial charge in [0.1, 0.15) is 0 Å². The molecule has 0 spiro atoms. The maximum absolute atomic E-state index is 9.77. The second-order valence-electron chi connectivity index (χ2n) is 25.3. The minimum absolute atomic E-state index is 0.119. The summed E-state index contributed by atoms with van der Waals surface area (Å²) < 4.78 is 16.0. The van der Waals surface area contributed by atoms with Crippen molar-refractivity contribution in [2.75, 3.05) is 169 Å². The third-order valence-electron chi connectivity index (χ3n) is 18.3. The number of methoxy groups -OCH3 is 3. The third-order valence-corrected chi connectivity index (χ3v) is 18.3. The Morgan fingerprint density at radius 2 is 0.707 bits per heavy atom. The molecule has 2 aromatic rings. The van der Waals surface area contributed by atoms with E-state index in [-0.39, 0.29) is 16.6 Å². The molecule has 12 heteroatoms. The molecule has 6 aliphatic rings. The van der Waals surface area contributed by atoms with Crippen molar-refractivity contribution in [1.29, 1.82) is 0 Å². The Balaban J connectivity index is 0.000000241. The Kier molecular flexibility index (Phi) is 30.6. The number of hydrogen-bond acceptors (Lipinski definition) is 12. The van der Waals surface area contributed by atoms with Gasteiger partial charge in [-0.05, 0) is 232 Å². The number of aliphatic hydroxyl groups is 3. The number of likely N-dealkylation sites (tertiary alicyclic amines) is 6. The minimum Gasteiger partial charge on any atom is -0.396 e. The van der Waals surface area contributed by atoms with Crippen LogP contribution in [-0.4, -0.2) is 225 Å². The molecule has 0 atom stereocenters. The van der Waals surface area contributed by atoms with Gasteiger partial charge in [-0.25, -0.2) is 0 Å². The quantitative estimate of drug-likeness (QED) is 0.178. The second kappa shape index (κ2) is 34.2. The van der Waals surface area contributed by atoms with Crippen molar-refractivity contribution in [2.24, 2.45) is 21.7 Å². The summed E-state index contributed by atoms with van der Waals surface area (Å²) in [6, 6.07) is 21.3. The first-order valence-corrected chi connectivity index (χ1v) is 29.3. The van der Waals surface area contributed by atoms with E-state index in [0.29, 0.717) is 22.9 Å². The highest BCUT2D eigenvalue weighted by Crippen LogP contribution is 2.37. The number of rotatable bonds is 13. The SMILES string of the molecule is CCC1(COC)CCN(C)CC1.CCC1(O)CCN(C)CC1.CN1CCC(C)(O)CC1.CN1CCC(CO)(Cc2ccccc2)CC1.COCC1(C)CCN(C)CC1.COCC1(Cc2ccccc2)CCN(C)CC1. The molecule has 3 N–H and O–H groups in total. The lowest BCUT2D eigenvalue weighted by Crippen LogP contribution is -2.42. The molecule has 434 valence electrons. The first kappa shape index (κ1) is 67.2. The van der Waals surface area contributed by atoms with Crippen molar-refractivity contribution in [1.82, 2.24) is 29.4 Å². The normalized spacial score (nSPS) is 23.6. The fraction of sp³-hybridized carbons (Fsp3) is 0.810. The van der Waals surface area contributed by atoms with Gasteiger partial charge >= 0.3 is 0 Å². The van der Waals surface area contributed by atoms with E-state index in [1.54, 1.807) is 7.11 Å². The molecule has 75 heavy (non-hydrogen) atoms. The van der Waals surface area contributed by atoms with Crippen LogP contribution in [0.2, 0.25) is 0 Å². The molecule has 2 aromatic carbocycles. The van der Waals surface area contributed by atoms with Gasteiger partial charge < -0.3 is 58.9 Å². The third kappa shape index (κ3) is 25.7. The summed E-state index contributed by atoms with van der Waals surface area (Å²) in [5.74, 6) is 0. The van der Waals surface area contributed by atoms with Gasteiger partial charge in [-0.3, -0.25) is 0 Å². The molecular formula is C63H116N6O6. The number of benzene rings is 2. The standard InChI is InChI=1S/C15H23NO.C14H21NO.C10H21NO.C9H19NO.C8H17NO.C7H15NO/c1-16-10-8-15(9-11-16,13-17-2)12-14-6-4-3-5-7-14;1-15-9-7-14(12-16,8-10-15)11-13-5-3-2-4-6-13;1-4-10(9-12-3)5-7-11(2)8-6-10;1-9(8-11-3)4-6-10(2)7-5-9;1-3-8(10)4-6-9(2)7-5-8;1-7(9)3-5-8(2)6-4-7/h3-7H,8-13H2,1-2H3;2-6,16H,7-12H2,1H3;4-9H2,1-3H3;4-8H2,1-3H3;10H,3-7H2,1-2H3;9H,3-6H2,1-2H3. The van der Waals surface area contributed by atoms with E-state index in [0.717, 1.165) is 117 Å². The number of nitrogens with zero attached hydrogens (tertiary/aromatic N) is 6. The van der Waals surface area contributed by atoms with Crippen molar-refractivity contribution in [2.45, 2.75) is 142 Å². The van der Waals surface area contributed by atoms with E-state index in [1.807, 2.05) is 27.2 Å². The van der Waals surface area contributed by atoms with Gasteiger partial charge in [-0.15, -0.1) is 0 Å². The van der Waals surface area contributed by atoms with Gasteiger partial charge in [0.2, 0.25) is 0 Å². The van der Waals surface area contributed by atoms with Crippen LogP contribution >= 0.6 is 0 Å². The molecule has 0 aliphatic carbocycles. The average Bonchev–Trinajstić information content (AvgIpc) is 3.41. The largest absolute Gasteiger partial charge is 0.396 e. The van der Waals surface area contributed by atoms with Gasteiger partial charge in [0.25, 0.3) is 0 Å². The predicted molar refractivity (Wildman–Crippen MR) is 315 cm³/mol. The Morgan fingerprint density at radius 3 is 1.04 bits per heavy atom. The van der Waals surface area contributed by atoms with Crippen LogP contribution in [0.25, 0.3) is 0 Å². The van der Waals surface area contributed by atoms with Crippen LogP contribution in [-0.2, 0) is 27.1 Å². The summed E-state index contributed by atoms with van der Waals surface area (Å²) in [7, 11) is 18.4. The summed E-state index contributed by atoms with van der Waals surface area (Å²) >= 11 is 0. The fourth-order valence-corrected chi connectivity index (χ4v) is 11.5. The maximum atomic E-state index is 9.77. The monoisotopic (exact) mass is 1050 g/mol. The summed E-state index contributed by atoms with van der Waals surface area (Å²) in [5, 5.41) is 28.9. The van der Waals surface area contributed by atoms with E-state index in [9.17, 15) is 15.3 Å². The number of aliphatic hydroxyl groups excluding tert-OH is 1. The fourth-order valence-electron chi connectivity index (χ4n) is 11.5. The smallest absolute Gasteiger partial charge is 0.0669 e. The molecule has 0 amide bonds. The van der Waals surface area contributed by atoms with Crippen LogP contribution in [0.5, 0.6) is 0 Å². The van der Waals surface area contributed by atoms with Gasteiger partial charge in [0, 0.05) is 59.5 Å². The van der Waals surface area contributed by atoms with E-state index < -0.39 is 0 Å². The number of ether oxygens (including phenoxy) is 3. The summed E-state index contributed by atoms with van der Waals surface area (Å²) in [6.07, 6.45) is 17.9. The highest BCUT2D eigenvalue weighted by atomic mass is 16.5. The molecule has 8 rings (SSSR count). The molecule has 6 heterocycles. The van der Waals surface area contributed by atoms with Crippen LogP contribution in [0.15, 0.2) is 60.7 Å². The zero-order valence-electron chi connectivity index (χ0n) is 50.7. The molecule has 0 saturated carbocycles. The second-order valence-corrected chi connectivity index (χ2v) is 25.3. The van der Waals surface area contributed by atoms with Crippen LogP contribution in [0.3, 0.4) is 0 Å². The van der Waals surface area contributed by atoms with Crippen molar-refractivity contribution in [3.8, 4) is 0 Å². The highest BCUT2D eigenvalue weighted by Gasteiger charge is 2.36. The van der Waals surface area contributed by atoms with E-state index in [4.69, 9.17) is 14.2 Å². The highest BCUT2D eigenvalue weighted by molar-refractivity contribution is 5.18. The zero-order chi connectivity index (χ0) is 55.4. The van der Waals surface area contributed by atoms with Crippen molar-refractivity contribution < 1.29 is 29.5 Å². The number of piperidine rings is 6. The first-order chi connectivity index (χ1) is 35.6. The average molecular weight is 1050 g/mol. The Labute approximate surface area is 460 Å². The molecule has 0 radical (unpaired) electrons. The Bertz CT molecular complexity index is 1710. The minimum atomic E-state index is -0.382. The zero-order valence-corrected chi connectivity index (χ0v) is 50.7. The molecule has 0 aromatic heterocycles. The van der Waals surface area contributed by atoms with Crippen LogP contribution in [0.1, 0.15) is 129 Å². The van der Waals surface area contributed by atoms with E-state index in [1.165, 1.54) is 95.3 Å². The van der Waals surface area contributed by atoms with Gasteiger partial charge in [-0.2, -0.15) is 0 Å². The molecular weight excluding hydrogens is 937 g/mol. The Morgan fingerprint density at radius 1 is 0.400 bits per heavy atom. The lowest BCUT2D eigenvalue weighted by molar-refractivity contribution is -0.0184. The summed E-state index contributed by atoms with van der Waals surface area (Å²) in [6.45, 7) is 25.3. The predicted octanol–water partition coefficient (Wildman–Crippen LogP) is 8.96. The first-order valence-electron chi connectivity index (χ1n) is 29.3. The Hall–Kier alpha value is -2.04. The number of hydrogen-bond donors (Lipinski definition) is 3. The molecule has 0 unspecified atom stereocenters. The topological polar surface area (TPSA) is 108 Å². The van der Waals surface area contributed by atoms with Crippen molar-refractivity contribution >= 4 is 0 Å². The lowest BCUT2D eigenvalue weighted by Gasteiger charge is -2.40.